The molecule has 128 valence electrons. The van der Waals surface area contributed by atoms with E-state index >= 15 is 0 Å². The molecule has 3 rings (SSSR count). The molecule has 0 aliphatic rings. The van der Waals surface area contributed by atoms with Gasteiger partial charge in [0.1, 0.15) is 9.88 Å². The number of carbonyl (C=O) groups is 2. The summed E-state index contributed by atoms with van der Waals surface area (Å²) in [7, 11) is 0. The molecule has 0 unspecified atom stereocenters. The van der Waals surface area contributed by atoms with E-state index in [4.69, 9.17) is 0 Å². The van der Waals surface area contributed by atoms with Crippen molar-refractivity contribution in [1.82, 2.24) is 4.98 Å². The summed E-state index contributed by atoms with van der Waals surface area (Å²) in [5.74, 6) is -0.343. The predicted molar refractivity (Wildman–Crippen MR) is 104 cm³/mol. The lowest BCUT2D eigenvalue weighted by atomic mass is 10.1. The zero-order valence-electron chi connectivity index (χ0n) is 14.0. The van der Waals surface area contributed by atoms with Gasteiger partial charge in [-0.3, -0.25) is 9.59 Å². The molecular formula is C18H17N3O2S2. The first kappa shape index (κ1) is 17.3. The highest BCUT2D eigenvalue weighted by molar-refractivity contribution is 7.17. The number of nitrogens with one attached hydrogen (secondary N) is 2. The molecule has 0 atom stereocenters. The van der Waals surface area contributed by atoms with E-state index in [0.29, 0.717) is 21.9 Å². The largest absolute Gasteiger partial charge is 0.326 e. The number of amides is 2. The molecule has 0 bridgehead atoms. The molecule has 7 heteroatoms. The number of hydrogen-bond acceptors (Lipinski definition) is 5. The highest BCUT2D eigenvalue weighted by Gasteiger charge is 2.17. The fourth-order valence-electron chi connectivity index (χ4n) is 2.39. The van der Waals surface area contributed by atoms with Crippen LogP contribution in [-0.2, 0) is 4.79 Å². The van der Waals surface area contributed by atoms with Crippen LogP contribution < -0.4 is 10.6 Å². The molecule has 25 heavy (non-hydrogen) atoms. The number of hydrogen-bond donors (Lipinski definition) is 2. The Hall–Kier alpha value is -2.51. The summed E-state index contributed by atoms with van der Waals surface area (Å²) in [6.07, 6.45) is 0. The third kappa shape index (κ3) is 3.78. The number of anilines is 2. The maximum atomic E-state index is 12.7. The molecule has 5 nitrogen and oxygen atoms in total. The summed E-state index contributed by atoms with van der Waals surface area (Å²) in [6, 6.07) is 7.41. The summed E-state index contributed by atoms with van der Waals surface area (Å²) in [4.78, 5) is 29.0. The second-order valence-corrected chi connectivity index (χ2v) is 7.34. The van der Waals surface area contributed by atoms with Crippen molar-refractivity contribution in [1.29, 1.82) is 0 Å². The first-order valence-electron chi connectivity index (χ1n) is 7.64. The minimum atomic E-state index is -0.195. The summed E-state index contributed by atoms with van der Waals surface area (Å²) >= 11 is 2.98. The van der Waals surface area contributed by atoms with Crippen molar-refractivity contribution in [2.24, 2.45) is 0 Å². The second kappa shape index (κ2) is 7.16. The summed E-state index contributed by atoms with van der Waals surface area (Å²) < 4.78 is 0. The predicted octanol–water partition coefficient (Wildman–Crippen LogP) is 4.70. The van der Waals surface area contributed by atoms with Crippen molar-refractivity contribution in [3.63, 3.8) is 0 Å². The monoisotopic (exact) mass is 371 g/mol. The van der Waals surface area contributed by atoms with Crippen molar-refractivity contribution in [3.05, 3.63) is 51.2 Å². The fourth-order valence-corrected chi connectivity index (χ4v) is 4.06. The molecule has 0 saturated carbocycles. The van der Waals surface area contributed by atoms with Crippen LogP contribution in [0, 0.1) is 13.8 Å². The van der Waals surface area contributed by atoms with Gasteiger partial charge in [0.05, 0.1) is 5.69 Å². The minimum Gasteiger partial charge on any atom is -0.326 e. The van der Waals surface area contributed by atoms with E-state index in [9.17, 15) is 9.59 Å². The molecule has 2 N–H and O–H groups in total. The van der Waals surface area contributed by atoms with E-state index in [2.05, 4.69) is 15.6 Å². The molecule has 2 aromatic heterocycles. The number of carbonyl (C=O) groups excluding carboxylic acids is 2. The number of nitrogens with zero attached hydrogens (tertiary/aromatic N) is 1. The Morgan fingerprint density at radius 2 is 1.80 bits per heavy atom. The first-order valence-corrected chi connectivity index (χ1v) is 9.40. The quantitative estimate of drug-likeness (QED) is 0.698. The van der Waals surface area contributed by atoms with Crippen molar-refractivity contribution in [2.45, 2.75) is 20.8 Å². The van der Waals surface area contributed by atoms with Gasteiger partial charge in [0.2, 0.25) is 5.91 Å². The summed E-state index contributed by atoms with van der Waals surface area (Å²) in [6.45, 7) is 5.15. The lowest BCUT2D eigenvalue weighted by molar-refractivity contribution is -0.114. The number of aromatic nitrogens is 1. The van der Waals surface area contributed by atoms with E-state index in [1.54, 1.807) is 23.5 Å². The molecule has 0 radical (unpaired) electrons. The SMILES string of the molecule is CC(=O)Nc1cccc(NC(=O)c2sc(-c3ccsc3)nc2C)c1C. The van der Waals surface area contributed by atoms with Gasteiger partial charge in [0.15, 0.2) is 0 Å². The van der Waals surface area contributed by atoms with E-state index in [0.717, 1.165) is 16.1 Å². The van der Waals surface area contributed by atoms with E-state index in [1.165, 1.54) is 18.3 Å². The van der Waals surface area contributed by atoms with Gasteiger partial charge in [-0.1, -0.05) is 6.07 Å². The third-order valence-electron chi connectivity index (χ3n) is 3.66. The van der Waals surface area contributed by atoms with E-state index in [-0.39, 0.29) is 11.8 Å². The average molecular weight is 371 g/mol. The molecule has 0 aliphatic carbocycles. The van der Waals surface area contributed by atoms with Crippen LogP contribution in [0.15, 0.2) is 35.0 Å². The van der Waals surface area contributed by atoms with Crippen LogP contribution in [0.25, 0.3) is 10.6 Å². The van der Waals surface area contributed by atoms with Crippen LogP contribution in [0.2, 0.25) is 0 Å². The van der Waals surface area contributed by atoms with Crippen LogP contribution in [0.3, 0.4) is 0 Å². The van der Waals surface area contributed by atoms with Crippen molar-refractivity contribution in [2.75, 3.05) is 10.6 Å². The van der Waals surface area contributed by atoms with Gasteiger partial charge in [0.25, 0.3) is 5.91 Å². The van der Waals surface area contributed by atoms with Gasteiger partial charge in [-0.2, -0.15) is 11.3 Å². The highest BCUT2D eigenvalue weighted by Crippen LogP contribution is 2.30. The maximum Gasteiger partial charge on any atom is 0.267 e. The van der Waals surface area contributed by atoms with Gasteiger partial charge >= 0.3 is 0 Å². The number of benzene rings is 1. The molecular weight excluding hydrogens is 354 g/mol. The molecule has 0 fully saturated rings. The highest BCUT2D eigenvalue weighted by atomic mass is 32.1. The third-order valence-corrected chi connectivity index (χ3v) is 5.55. The normalized spacial score (nSPS) is 10.5. The summed E-state index contributed by atoms with van der Waals surface area (Å²) in [5.41, 5.74) is 3.90. The van der Waals surface area contributed by atoms with Crippen LogP contribution in [-0.4, -0.2) is 16.8 Å². The standard InChI is InChI=1S/C18H17N3O2S2/c1-10-14(20-12(3)22)5-4-6-15(10)21-17(23)16-11(2)19-18(25-16)13-7-8-24-9-13/h4-9H,1-3H3,(H,20,22)(H,21,23). The second-order valence-electron chi connectivity index (χ2n) is 5.56. The van der Waals surface area contributed by atoms with Crippen LogP contribution in [0.5, 0.6) is 0 Å². The Balaban J connectivity index is 1.85. The molecule has 0 saturated heterocycles. The average Bonchev–Trinajstić information content (AvgIpc) is 3.20. The first-order chi connectivity index (χ1) is 12.0. The molecule has 3 aromatic rings. The summed E-state index contributed by atoms with van der Waals surface area (Å²) in [5, 5.41) is 10.5. The van der Waals surface area contributed by atoms with Crippen molar-refractivity contribution in [3.8, 4) is 10.6 Å². The van der Waals surface area contributed by atoms with E-state index < -0.39 is 0 Å². The van der Waals surface area contributed by atoms with Crippen LogP contribution >= 0.6 is 22.7 Å². The number of thiazole rings is 1. The molecule has 2 heterocycles. The topological polar surface area (TPSA) is 71.1 Å². The lowest BCUT2D eigenvalue weighted by Crippen LogP contribution is -2.14. The van der Waals surface area contributed by atoms with Gasteiger partial charge < -0.3 is 10.6 Å². The fraction of sp³-hybridized carbons (Fsp3) is 0.167. The molecule has 2 amide bonds. The number of rotatable bonds is 4. The zero-order valence-corrected chi connectivity index (χ0v) is 15.7. The van der Waals surface area contributed by atoms with Gasteiger partial charge in [0, 0.05) is 29.2 Å². The van der Waals surface area contributed by atoms with Crippen LogP contribution in [0.1, 0.15) is 27.9 Å². The molecule has 0 spiro atoms. The van der Waals surface area contributed by atoms with Gasteiger partial charge in [-0.15, -0.1) is 11.3 Å². The van der Waals surface area contributed by atoms with E-state index in [1.807, 2.05) is 36.7 Å². The minimum absolute atomic E-state index is 0.148. The Bertz CT molecular complexity index is 930. The Morgan fingerprint density at radius 1 is 1.08 bits per heavy atom. The van der Waals surface area contributed by atoms with Gasteiger partial charge in [-0.25, -0.2) is 4.98 Å². The van der Waals surface area contributed by atoms with Gasteiger partial charge in [-0.05, 0) is 43.0 Å². The Labute approximate surface area is 153 Å². The lowest BCUT2D eigenvalue weighted by Gasteiger charge is -2.12. The number of aryl methyl sites for hydroxylation is 1. The van der Waals surface area contributed by atoms with Crippen molar-refractivity contribution < 1.29 is 9.59 Å². The molecule has 1 aromatic carbocycles. The maximum absolute atomic E-state index is 12.7. The molecule has 0 aliphatic heterocycles. The van der Waals surface area contributed by atoms with Crippen LogP contribution in [0.4, 0.5) is 11.4 Å². The van der Waals surface area contributed by atoms with Crippen molar-refractivity contribution >= 4 is 45.9 Å². The number of thiophene rings is 1. The zero-order chi connectivity index (χ0) is 18.0. The Kier molecular flexibility index (Phi) is 4.96. The Morgan fingerprint density at radius 3 is 2.44 bits per heavy atom. The smallest absolute Gasteiger partial charge is 0.267 e.